The number of pyridine rings is 2. The Bertz CT molecular complexity index is 907. The number of aryl methyl sites for hydroxylation is 1. The minimum Gasteiger partial charge on any atom is -0.341 e. The average molecular weight is 360 g/mol. The number of anilines is 2. The van der Waals surface area contributed by atoms with Crippen LogP contribution >= 0.6 is 0 Å². The molecular formula is C22H24N4O. The lowest BCUT2D eigenvalue weighted by Crippen LogP contribution is -2.28. The zero-order valence-corrected chi connectivity index (χ0v) is 15.9. The molecule has 1 amide bonds. The molecule has 3 rings (SSSR count). The highest BCUT2D eigenvalue weighted by Crippen LogP contribution is 2.21. The number of carbonyl (C=O) groups excluding carboxylic acids is 1. The van der Waals surface area contributed by atoms with E-state index >= 15 is 0 Å². The zero-order chi connectivity index (χ0) is 19.2. The second-order valence-corrected chi connectivity index (χ2v) is 6.64. The fraction of sp³-hybridized carbons (Fsp3) is 0.227. The highest BCUT2D eigenvalue weighted by Gasteiger charge is 2.12. The van der Waals surface area contributed by atoms with Crippen molar-refractivity contribution in [1.29, 1.82) is 0 Å². The standard InChI is InChI=1S/C22H24N4O/c1-16-5-4-6-20(17(16)2)25-21-8-7-19(15-24-21)22(27)26(3)14-11-18-9-12-23-13-10-18/h4-10,12-13,15H,11,14H2,1-3H3,(H,24,25). The van der Waals surface area contributed by atoms with Gasteiger partial charge in [-0.05, 0) is 67.3 Å². The quantitative estimate of drug-likeness (QED) is 0.717. The van der Waals surface area contributed by atoms with Gasteiger partial charge < -0.3 is 10.2 Å². The molecule has 5 nitrogen and oxygen atoms in total. The summed E-state index contributed by atoms with van der Waals surface area (Å²) < 4.78 is 0. The molecule has 0 saturated carbocycles. The van der Waals surface area contributed by atoms with Crippen molar-refractivity contribution in [2.75, 3.05) is 18.9 Å². The number of aromatic nitrogens is 2. The Labute approximate surface area is 160 Å². The van der Waals surface area contributed by atoms with Crippen LogP contribution in [0.15, 0.2) is 61.1 Å². The largest absolute Gasteiger partial charge is 0.341 e. The van der Waals surface area contributed by atoms with Gasteiger partial charge in [-0.2, -0.15) is 0 Å². The van der Waals surface area contributed by atoms with Crippen molar-refractivity contribution in [3.63, 3.8) is 0 Å². The van der Waals surface area contributed by atoms with Crippen molar-refractivity contribution in [1.82, 2.24) is 14.9 Å². The van der Waals surface area contributed by atoms with Crippen LogP contribution in [0.1, 0.15) is 27.0 Å². The van der Waals surface area contributed by atoms with E-state index < -0.39 is 0 Å². The minimum atomic E-state index is -0.0326. The van der Waals surface area contributed by atoms with E-state index in [1.807, 2.05) is 43.4 Å². The smallest absolute Gasteiger partial charge is 0.255 e. The molecule has 1 N–H and O–H groups in total. The summed E-state index contributed by atoms with van der Waals surface area (Å²) in [6, 6.07) is 13.7. The van der Waals surface area contributed by atoms with Gasteiger partial charge in [0, 0.05) is 37.9 Å². The van der Waals surface area contributed by atoms with Crippen LogP contribution in [0.5, 0.6) is 0 Å². The molecule has 27 heavy (non-hydrogen) atoms. The number of nitrogens with zero attached hydrogens (tertiary/aromatic N) is 3. The highest BCUT2D eigenvalue weighted by atomic mass is 16.2. The van der Waals surface area contributed by atoms with Gasteiger partial charge in [-0.15, -0.1) is 0 Å². The zero-order valence-electron chi connectivity index (χ0n) is 15.9. The number of hydrogen-bond acceptors (Lipinski definition) is 4. The first-order valence-electron chi connectivity index (χ1n) is 8.98. The van der Waals surface area contributed by atoms with Crippen LogP contribution in [0.2, 0.25) is 0 Å². The van der Waals surface area contributed by atoms with Gasteiger partial charge in [0.2, 0.25) is 0 Å². The van der Waals surface area contributed by atoms with E-state index in [4.69, 9.17) is 0 Å². The summed E-state index contributed by atoms with van der Waals surface area (Å²) in [5, 5.41) is 3.31. The molecular weight excluding hydrogens is 336 g/mol. The van der Waals surface area contributed by atoms with Crippen LogP contribution in [0.25, 0.3) is 0 Å². The lowest BCUT2D eigenvalue weighted by molar-refractivity contribution is 0.0796. The highest BCUT2D eigenvalue weighted by molar-refractivity contribution is 5.94. The van der Waals surface area contributed by atoms with Gasteiger partial charge in [0.05, 0.1) is 5.56 Å². The minimum absolute atomic E-state index is 0.0326. The lowest BCUT2D eigenvalue weighted by atomic mass is 10.1. The van der Waals surface area contributed by atoms with Gasteiger partial charge in [0.15, 0.2) is 0 Å². The van der Waals surface area contributed by atoms with Gasteiger partial charge in [0.1, 0.15) is 5.82 Å². The van der Waals surface area contributed by atoms with Crippen molar-refractivity contribution in [2.45, 2.75) is 20.3 Å². The summed E-state index contributed by atoms with van der Waals surface area (Å²) in [6.07, 6.45) is 5.95. The van der Waals surface area contributed by atoms with Crippen LogP contribution in [0.3, 0.4) is 0 Å². The third-order valence-corrected chi connectivity index (χ3v) is 4.71. The Kier molecular flexibility index (Phi) is 5.81. The molecule has 0 unspecified atom stereocenters. The first kappa shape index (κ1) is 18.6. The maximum atomic E-state index is 12.6. The molecule has 138 valence electrons. The van der Waals surface area contributed by atoms with Crippen molar-refractivity contribution >= 4 is 17.4 Å². The number of hydrogen-bond donors (Lipinski definition) is 1. The lowest BCUT2D eigenvalue weighted by Gasteiger charge is -2.17. The number of benzene rings is 1. The van der Waals surface area contributed by atoms with Crippen molar-refractivity contribution in [2.24, 2.45) is 0 Å². The summed E-state index contributed by atoms with van der Waals surface area (Å²) in [6.45, 7) is 4.80. The van der Waals surface area contributed by atoms with Crippen molar-refractivity contribution < 1.29 is 4.79 Å². The van der Waals surface area contributed by atoms with E-state index in [0.29, 0.717) is 12.1 Å². The summed E-state index contributed by atoms with van der Waals surface area (Å²) in [4.78, 5) is 22.7. The van der Waals surface area contributed by atoms with Gasteiger partial charge in [0.25, 0.3) is 5.91 Å². The van der Waals surface area contributed by atoms with Crippen LogP contribution < -0.4 is 5.32 Å². The van der Waals surface area contributed by atoms with E-state index in [9.17, 15) is 4.79 Å². The second-order valence-electron chi connectivity index (χ2n) is 6.64. The van der Waals surface area contributed by atoms with Gasteiger partial charge in [-0.25, -0.2) is 4.98 Å². The molecule has 0 saturated heterocycles. The molecule has 0 radical (unpaired) electrons. The molecule has 0 fully saturated rings. The predicted molar refractivity (Wildman–Crippen MR) is 108 cm³/mol. The van der Waals surface area contributed by atoms with E-state index in [2.05, 4.69) is 35.2 Å². The second kappa shape index (κ2) is 8.45. The fourth-order valence-corrected chi connectivity index (χ4v) is 2.79. The maximum absolute atomic E-state index is 12.6. The monoisotopic (exact) mass is 360 g/mol. The Morgan fingerprint density at radius 1 is 1.07 bits per heavy atom. The average Bonchev–Trinajstić information content (AvgIpc) is 2.70. The molecule has 5 heteroatoms. The molecule has 2 aromatic heterocycles. The molecule has 3 aromatic rings. The molecule has 0 aliphatic heterocycles. The number of carbonyl (C=O) groups is 1. The van der Waals surface area contributed by atoms with Crippen LogP contribution in [0, 0.1) is 13.8 Å². The summed E-state index contributed by atoms with van der Waals surface area (Å²) in [7, 11) is 1.81. The Balaban J connectivity index is 1.62. The maximum Gasteiger partial charge on any atom is 0.255 e. The Hall–Kier alpha value is -3.21. The topological polar surface area (TPSA) is 58.1 Å². The number of nitrogens with one attached hydrogen (secondary N) is 1. The molecule has 0 spiro atoms. The first-order valence-corrected chi connectivity index (χ1v) is 8.98. The molecule has 0 bridgehead atoms. The predicted octanol–water partition coefficient (Wildman–Crippen LogP) is 4.15. The number of likely N-dealkylation sites (N-methyl/N-ethyl adjacent to an activating group) is 1. The van der Waals surface area contributed by atoms with Crippen LogP contribution in [-0.4, -0.2) is 34.4 Å². The molecule has 0 aliphatic rings. The fourth-order valence-electron chi connectivity index (χ4n) is 2.79. The molecule has 0 aliphatic carbocycles. The summed E-state index contributed by atoms with van der Waals surface area (Å²) >= 11 is 0. The normalized spacial score (nSPS) is 10.5. The molecule has 1 aromatic carbocycles. The number of amides is 1. The van der Waals surface area contributed by atoms with E-state index in [0.717, 1.165) is 23.5 Å². The summed E-state index contributed by atoms with van der Waals surface area (Å²) in [5.74, 6) is 0.689. The van der Waals surface area contributed by atoms with Crippen molar-refractivity contribution in [3.8, 4) is 0 Å². The molecule has 2 heterocycles. The molecule has 0 atom stereocenters. The van der Waals surface area contributed by atoms with Crippen molar-refractivity contribution in [3.05, 3.63) is 83.3 Å². The van der Waals surface area contributed by atoms with Crippen LogP contribution in [0.4, 0.5) is 11.5 Å². The van der Waals surface area contributed by atoms with Gasteiger partial charge >= 0.3 is 0 Å². The first-order chi connectivity index (χ1) is 13.0. The Morgan fingerprint density at radius 2 is 1.85 bits per heavy atom. The van der Waals surface area contributed by atoms with Gasteiger partial charge in [-0.1, -0.05) is 12.1 Å². The number of rotatable bonds is 6. The third kappa shape index (κ3) is 4.70. The SMILES string of the molecule is Cc1cccc(Nc2ccc(C(=O)N(C)CCc3ccncc3)cn2)c1C. The van der Waals surface area contributed by atoms with E-state index in [-0.39, 0.29) is 5.91 Å². The third-order valence-electron chi connectivity index (χ3n) is 4.71. The van der Waals surface area contributed by atoms with Crippen LogP contribution in [-0.2, 0) is 6.42 Å². The van der Waals surface area contributed by atoms with E-state index in [1.54, 1.807) is 23.5 Å². The van der Waals surface area contributed by atoms with Gasteiger partial charge in [-0.3, -0.25) is 9.78 Å². The van der Waals surface area contributed by atoms with E-state index in [1.165, 1.54) is 11.1 Å². The summed E-state index contributed by atoms with van der Waals surface area (Å²) in [5.41, 5.74) is 5.18. The Morgan fingerprint density at radius 3 is 2.56 bits per heavy atom.